The van der Waals surface area contributed by atoms with E-state index in [2.05, 4.69) is 15.3 Å². The van der Waals surface area contributed by atoms with Gasteiger partial charge in [-0.25, -0.2) is 4.98 Å². The largest absolute Gasteiger partial charge is 0.325 e. The lowest BCUT2D eigenvalue weighted by Crippen LogP contribution is -2.51. The summed E-state index contributed by atoms with van der Waals surface area (Å²) in [5, 5.41) is 3.40. The normalized spacial score (nSPS) is 26.0. The Morgan fingerprint density at radius 1 is 1.52 bits per heavy atom. The van der Waals surface area contributed by atoms with Gasteiger partial charge in [0.15, 0.2) is 0 Å². The molecule has 112 valence electrons. The van der Waals surface area contributed by atoms with Crippen molar-refractivity contribution in [3.05, 3.63) is 23.2 Å². The van der Waals surface area contributed by atoms with Crippen LogP contribution in [0.4, 0.5) is 5.95 Å². The summed E-state index contributed by atoms with van der Waals surface area (Å²) in [7, 11) is 0. The SMILES string of the molecule is CC1(N)CCCCC1C(=O)Nc1nc2c(Cl)cccc2[nH]1. The van der Waals surface area contributed by atoms with Crippen LogP contribution in [0.3, 0.4) is 0 Å². The molecule has 2 atom stereocenters. The maximum atomic E-state index is 12.5. The Balaban J connectivity index is 1.81. The standard InChI is InChI=1S/C15H19ClN4O/c1-15(17)8-3-2-5-9(15)13(21)20-14-18-11-7-4-6-10(16)12(11)19-14/h4,6-7,9H,2-3,5,8,17H2,1H3,(H2,18,19,20,21). The number of para-hydroxylation sites is 1. The van der Waals surface area contributed by atoms with E-state index in [1.807, 2.05) is 19.1 Å². The van der Waals surface area contributed by atoms with Crippen molar-refractivity contribution in [2.75, 3.05) is 5.32 Å². The number of carbonyl (C=O) groups excluding carboxylic acids is 1. The van der Waals surface area contributed by atoms with Crippen LogP contribution >= 0.6 is 11.6 Å². The van der Waals surface area contributed by atoms with E-state index in [0.717, 1.165) is 31.2 Å². The fourth-order valence-corrected chi connectivity index (χ4v) is 3.27. The van der Waals surface area contributed by atoms with Gasteiger partial charge in [-0.05, 0) is 31.9 Å². The van der Waals surface area contributed by atoms with Crippen LogP contribution in [0, 0.1) is 5.92 Å². The third kappa shape index (κ3) is 2.76. The average molecular weight is 307 g/mol. The highest BCUT2D eigenvalue weighted by Gasteiger charge is 2.38. The van der Waals surface area contributed by atoms with Crippen LogP contribution < -0.4 is 11.1 Å². The van der Waals surface area contributed by atoms with E-state index in [0.29, 0.717) is 16.5 Å². The minimum atomic E-state index is -0.452. The minimum absolute atomic E-state index is 0.0742. The topological polar surface area (TPSA) is 83.8 Å². The molecule has 5 nitrogen and oxygen atoms in total. The number of imidazole rings is 1. The Morgan fingerprint density at radius 3 is 3.05 bits per heavy atom. The van der Waals surface area contributed by atoms with Crippen LogP contribution in [-0.2, 0) is 4.79 Å². The first-order valence-electron chi connectivity index (χ1n) is 7.21. The van der Waals surface area contributed by atoms with Gasteiger partial charge < -0.3 is 10.7 Å². The van der Waals surface area contributed by atoms with Gasteiger partial charge in [0, 0.05) is 5.54 Å². The smallest absolute Gasteiger partial charge is 0.231 e. The minimum Gasteiger partial charge on any atom is -0.325 e. The number of anilines is 1. The molecule has 0 bridgehead atoms. The Bertz CT molecular complexity index is 679. The van der Waals surface area contributed by atoms with E-state index in [-0.39, 0.29) is 11.8 Å². The van der Waals surface area contributed by atoms with Gasteiger partial charge in [0.05, 0.1) is 16.5 Å². The number of aromatic nitrogens is 2. The third-order valence-corrected chi connectivity index (χ3v) is 4.58. The molecule has 2 unspecified atom stereocenters. The van der Waals surface area contributed by atoms with Crippen molar-refractivity contribution in [2.45, 2.75) is 38.1 Å². The van der Waals surface area contributed by atoms with Crippen molar-refractivity contribution in [1.29, 1.82) is 0 Å². The van der Waals surface area contributed by atoms with Crippen molar-refractivity contribution in [3.8, 4) is 0 Å². The van der Waals surface area contributed by atoms with Gasteiger partial charge in [-0.3, -0.25) is 10.1 Å². The molecule has 1 amide bonds. The number of fused-ring (bicyclic) bond motifs is 1. The predicted molar refractivity (Wildman–Crippen MR) is 84.3 cm³/mol. The zero-order valence-corrected chi connectivity index (χ0v) is 12.7. The number of benzene rings is 1. The molecule has 1 aromatic heterocycles. The highest BCUT2D eigenvalue weighted by Crippen LogP contribution is 2.32. The lowest BCUT2D eigenvalue weighted by Gasteiger charge is -2.36. The maximum absolute atomic E-state index is 12.5. The number of rotatable bonds is 2. The molecule has 0 radical (unpaired) electrons. The summed E-state index contributed by atoms with van der Waals surface area (Å²) in [6, 6.07) is 5.48. The molecule has 0 aliphatic heterocycles. The van der Waals surface area contributed by atoms with Crippen LogP contribution in [0.5, 0.6) is 0 Å². The molecular weight excluding hydrogens is 288 g/mol. The Kier molecular flexibility index (Phi) is 3.63. The summed E-state index contributed by atoms with van der Waals surface area (Å²) >= 11 is 6.09. The maximum Gasteiger partial charge on any atom is 0.231 e. The Hall–Kier alpha value is -1.59. The van der Waals surface area contributed by atoms with E-state index in [4.69, 9.17) is 17.3 Å². The summed E-state index contributed by atoms with van der Waals surface area (Å²) in [5.74, 6) is 0.161. The zero-order valence-electron chi connectivity index (χ0n) is 11.9. The lowest BCUT2D eigenvalue weighted by molar-refractivity contribution is -0.122. The highest BCUT2D eigenvalue weighted by atomic mass is 35.5. The fraction of sp³-hybridized carbons (Fsp3) is 0.467. The number of H-pyrrole nitrogens is 1. The highest BCUT2D eigenvalue weighted by molar-refractivity contribution is 6.35. The van der Waals surface area contributed by atoms with Gasteiger partial charge in [-0.1, -0.05) is 30.5 Å². The van der Waals surface area contributed by atoms with Gasteiger partial charge in [0.1, 0.15) is 5.52 Å². The number of hydrogen-bond acceptors (Lipinski definition) is 3. The van der Waals surface area contributed by atoms with E-state index in [1.165, 1.54) is 0 Å². The molecule has 0 saturated heterocycles. The van der Waals surface area contributed by atoms with Crippen LogP contribution in [0.2, 0.25) is 5.02 Å². The number of aromatic amines is 1. The van der Waals surface area contributed by atoms with Gasteiger partial charge in [0.25, 0.3) is 0 Å². The molecule has 1 aromatic carbocycles. The van der Waals surface area contributed by atoms with Gasteiger partial charge >= 0.3 is 0 Å². The summed E-state index contributed by atoms with van der Waals surface area (Å²) in [4.78, 5) is 19.9. The van der Waals surface area contributed by atoms with Crippen LogP contribution in [0.15, 0.2) is 18.2 Å². The molecular formula is C15H19ClN4O. The number of nitrogens with two attached hydrogens (primary N) is 1. The van der Waals surface area contributed by atoms with E-state index in [1.54, 1.807) is 6.07 Å². The summed E-state index contributed by atoms with van der Waals surface area (Å²) in [6.07, 6.45) is 3.81. The van der Waals surface area contributed by atoms with Crippen LogP contribution in [0.25, 0.3) is 11.0 Å². The van der Waals surface area contributed by atoms with Crippen molar-refractivity contribution < 1.29 is 4.79 Å². The number of carbonyl (C=O) groups is 1. The number of nitrogens with zero attached hydrogens (tertiary/aromatic N) is 1. The molecule has 6 heteroatoms. The second-order valence-electron chi connectivity index (χ2n) is 6.01. The zero-order chi connectivity index (χ0) is 15.0. The summed E-state index contributed by atoms with van der Waals surface area (Å²) < 4.78 is 0. The van der Waals surface area contributed by atoms with Gasteiger partial charge in [0.2, 0.25) is 11.9 Å². The Labute approximate surface area is 128 Å². The number of halogens is 1. The molecule has 0 spiro atoms. The summed E-state index contributed by atoms with van der Waals surface area (Å²) in [5.41, 5.74) is 7.27. The first-order chi connectivity index (χ1) is 9.97. The van der Waals surface area contributed by atoms with E-state index in [9.17, 15) is 4.79 Å². The molecule has 1 fully saturated rings. The number of hydrogen-bond donors (Lipinski definition) is 3. The third-order valence-electron chi connectivity index (χ3n) is 4.28. The first-order valence-corrected chi connectivity index (χ1v) is 7.59. The van der Waals surface area contributed by atoms with Crippen LogP contribution in [0.1, 0.15) is 32.6 Å². The second kappa shape index (κ2) is 5.31. The van der Waals surface area contributed by atoms with Crippen molar-refractivity contribution in [1.82, 2.24) is 9.97 Å². The Morgan fingerprint density at radius 2 is 2.33 bits per heavy atom. The van der Waals surface area contributed by atoms with Gasteiger partial charge in [-0.2, -0.15) is 0 Å². The average Bonchev–Trinajstić information content (AvgIpc) is 2.82. The number of amides is 1. The van der Waals surface area contributed by atoms with Gasteiger partial charge in [-0.15, -0.1) is 0 Å². The molecule has 4 N–H and O–H groups in total. The van der Waals surface area contributed by atoms with Crippen LogP contribution in [-0.4, -0.2) is 21.4 Å². The molecule has 1 aliphatic rings. The quantitative estimate of drug-likeness (QED) is 0.797. The van der Waals surface area contributed by atoms with E-state index < -0.39 is 5.54 Å². The van der Waals surface area contributed by atoms with E-state index >= 15 is 0 Å². The molecule has 2 aromatic rings. The van der Waals surface area contributed by atoms with Crippen molar-refractivity contribution in [2.24, 2.45) is 11.7 Å². The fourth-order valence-electron chi connectivity index (χ4n) is 3.05. The first kappa shape index (κ1) is 14.4. The number of nitrogens with one attached hydrogen (secondary N) is 2. The van der Waals surface area contributed by atoms with Crippen molar-refractivity contribution >= 4 is 34.5 Å². The predicted octanol–water partition coefficient (Wildman–Crippen LogP) is 3.06. The molecule has 1 aliphatic carbocycles. The lowest BCUT2D eigenvalue weighted by atomic mass is 9.74. The monoisotopic (exact) mass is 306 g/mol. The summed E-state index contributed by atoms with van der Waals surface area (Å²) in [6.45, 7) is 1.95. The molecule has 3 rings (SSSR count). The molecule has 1 saturated carbocycles. The second-order valence-corrected chi connectivity index (χ2v) is 6.42. The molecule has 1 heterocycles. The molecule has 21 heavy (non-hydrogen) atoms. The van der Waals surface area contributed by atoms with Crippen molar-refractivity contribution in [3.63, 3.8) is 0 Å².